The van der Waals surface area contributed by atoms with Gasteiger partial charge >= 0.3 is 0 Å². The van der Waals surface area contributed by atoms with Crippen LogP contribution in [0.2, 0.25) is 0 Å². The van der Waals surface area contributed by atoms with E-state index in [1.165, 1.54) is 31.4 Å². The van der Waals surface area contributed by atoms with Crippen LogP contribution in [0.5, 0.6) is 11.5 Å². The second-order valence-corrected chi connectivity index (χ2v) is 7.43. The van der Waals surface area contributed by atoms with Crippen LogP contribution < -0.4 is 19.7 Å². The molecule has 1 aliphatic heterocycles. The minimum absolute atomic E-state index is 0.0716. The van der Waals surface area contributed by atoms with Crippen molar-refractivity contribution in [1.82, 2.24) is 0 Å². The Morgan fingerprint density at radius 2 is 1.67 bits per heavy atom. The fourth-order valence-electron chi connectivity index (χ4n) is 3.71. The van der Waals surface area contributed by atoms with Crippen molar-refractivity contribution < 1.29 is 23.5 Å². The van der Waals surface area contributed by atoms with Gasteiger partial charge < -0.3 is 14.8 Å². The maximum atomic E-state index is 13.6. The third-order valence-corrected chi connectivity index (χ3v) is 5.24. The Morgan fingerprint density at radius 3 is 2.36 bits per heavy atom. The molecular weight excluding hydrogens is 423 g/mol. The van der Waals surface area contributed by atoms with Gasteiger partial charge in [0, 0.05) is 0 Å². The third kappa shape index (κ3) is 4.17. The summed E-state index contributed by atoms with van der Waals surface area (Å²) in [6.45, 7) is 4.15. The standard InChI is InChI=1S/C26H23FN2O4/c1-4-33-21-8-6-5-7-19(21)28-24-23(17-10-12-18(27)13-11-17)25(30)29(26(24)31)20-15-16(2)9-14-22(20)32-3/h5-15,28H,4H2,1-3H3. The van der Waals surface area contributed by atoms with Crippen molar-refractivity contribution in [2.75, 3.05) is 23.9 Å². The van der Waals surface area contributed by atoms with Crippen LogP contribution in [0.15, 0.2) is 72.4 Å². The van der Waals surface area contributed by atoms with Crippen molar-refractivity contribution in [3.8, 4) is 11.5 Å². The van der Waals surface area contributed by atoms with Crippen LogP contribution in [0.3, 0.4) is 0 Å². The molecule has 1 aliphatic rings. The number of imide groups is 1. The first-order chi connectivity index (χ1) is 15.9. The second-order valence-electron chi connectivity index (χ2n) is 7.43. The first-order valence-corrected chi connectivity index (χ1v) is 10.5. The molecule has 0 fully saturated rings. The second kappa shape index (κ2) is 9.16. The van der Waals surface area contributed by atoms with Gasteiger partial charge in [-0.25, -0.2) is 9.29 Å². The molecular formula is C26H23FN2O4. The Kier molecular flexibility index (Phi) is 6.13. The number of aryl methyl sites for hydroxylation is 1. The predicted molar refractivity (Wildman–Crippen MR) is 125 cm³/mol. The number of halogens is 1. The highest BCUT2D eigenvalue weighted by molar-refractivity contribution is 6.46. The quantitative estimate of drug-likeness (QED) is 0.521. The summed E-state index contributed by atoms with van der Waals surface area (Å²) in [6, 6.07) is 17.9. The topological polar surface area (TPSA) is 67.9 Å². The number of hydrogen-bond donors (Lipinski definition) is 1. The average molecular weight is 446 g/mol. The predicted octanol–water partition coefficient (Wildman–Crippen LogP) is 4.94. The van der Waals surface area contributed by atoms with E-state index in [-0.39, 0.29) is 11.3 Å². The minimum Gasteiger partial charge on any atom is -0.495 e. The summed E-state index contributed by atoms with van der Waals surface area (Å²) in [5.41, 5.74) is 2.35. The highest BCUT2D eigenvalue weighted by Gasteiger charge is 2.41. The summed E-state index contributed by atoms with van der Waals surface area (Å²) in [5, 5.41) is 3.10. The van der Waals surface area contributed by atoms with Gasteiger partial charge in [-0.05, 0) is 61.4 Å². The van der Waals surface area contributed by atoms with E-state index in [1.807, 2.05) is 26.0 Å². The highest BCUT2D eigenvalue weighted by Crippen LogP contribution is 2.39. The van der Waals surface area contributed by atoms with Gasteiger partial charge in [-0.15, -0.1) is 0 Å². The smallest absolute Gasteiger partial charge is 0.282 e. The largest absolute Gasteiger partial charge is 0.495 e. The molecule has 168 valence electrons. The number of nitrogens with one attached hydrogen (secondary N) is 1. The normalized spacial score (nSPS) is 13.5. The van der Waals surface area contributed by atoms with Crippen molar-refractivity contribution >= 4 is 28.8 Å². The molecule has 4 rings (SSSR count). The number of rotatable bonds is 7. The lowest BCUT2D eigenvalue weighted by Gasteiger charge is -2.19. The molecule has 7 heteroatoms. The fraction of sp³-hybridized carbons (Fsp3) is 0.154. The number of benzene rings is 3. The molecule has 1 heterocycles. The van der Waals surface area contributed by atoms with Gasteiger partial charge in [0.1, 0.15) is 23.0 Å². The number of carbonyl (C=O) groups excluding carboxylic acids is 2. The zero-order chi connectivity index (χ0) is 23.5. The molecule has 0 saturated heterocycles. The molecule has 0 spiro atoms. The number of methoxy groups -OCH3 is 1. The van der Waals surface area contributed by atoms with Gasteiger partial charge in [0.2, 0.25) is 0 Å². The first kappa shape index (κ1) is 22.1. The van der Waals surface area contributed by atoms with Gasteiger partial charge in [0.15, 0.2) is 0 Å². The third-order valence-electron chi connectivity index (χ3n) is 5.24. The van der Waals surface area contributed by atoms with E-state index in [4.69, 9.17) is 9.47 Å². The van der Waals surface area contributed by atoms with Crippen molar-refractivity contribution in [3.63, 3.8) is 0 Å². The monoisotopic (exact) mass is 446 g/mol. The summed E-state index contributed by atoms with van der Waals surface area (Å²) in [4.78, 5) is 28.3. The summed E-state index contributed by atoms with van der Waals surface area (Å²) >= 11 is 0. The number of para-hydroxylation sites is 2. The molecule has 0 atom stereocenters. The molecule has 1 N–H and O–H groups in total. The Hall–Kier alpha value is -4.13. The van der Waals surface area contributed by atoms with E-state index in [9.17, 15) is 14.0 Å². The van der Waals surface area contributed by atoms with Crippen molar-refractivity contribution in [2.24, 2.45) is 0 Å². The van der Waals surface area contributed by atoms with E-state index in [0.29, 0.717) is 35.0 Å². The lowest BCUT2D eigenvalue weighted by Crippen LogP contribution is -2.32. The maximum absolute atomic E-state index is 13.6. The molecule has 6 nitrogen and oxygen atoms in total. The first-order valence-electron chi connectivity index (χ1n) is 10.5. The molecule has 0 bridgehead atoms. The average Bonchev–Trinajstić information content (AvgIpc) is 3.05. The zero-order valence-electron chi connectivity index (χ0n) is 18.5. The van der Waals surface area contributed by atoms with Gasteiger partial charge in [0.25, 0.3) is 11.8 Å². The minimum atomic E-state index is -0.547. The Balaban J connectivity index is 1.86. The number of carbonyl (C=O) groups is 2. The molecule has 0 aromatic heterocycles. The van der Waals surface area contributed by atoms with Crippen LogP contribution in [-0.2, 0) is 9.59 Å². The number of anilines is 2. The van der Waals surface area contributed by atoms with Gasteiger partial charge in [0.05, 0.1) is 30.7 Å². The Morgan fingerprint density at radius 1 is 0.939 bits per heavy atom. The van der Waals surface area contributed by atoms with E-state index in [2.05, 4.69) is 5.32 Å². The van der Waals surface area contributed by atoms with Crippen LogP contribution in [0.1, 0.15) is 18.1 Å². The molecule has 0 radical (unpaired) electrons. The highest BCUT2D eigenvalue weighted by atomic mass is 19.1. The summed E-state index contributed by atoms with van der Waals surface area (Å²) in [7, 11) is 1.48. The van der Waals surface area contributed by atoms with Gasteiger partial charge in [-0.2, -0.15) is 0 Å². The Labute approximate surface area is 191 Å². The van der Waals surface area contributed by atoms with Crippen molar-refractivity contribution in [1.29, 1.82) is 0 Å². The SMILES string of the molecule is CCOc1ccccc1NC1=C(c2ccc(F)cc2)C(=O)N(c2cc(C)ccc2OC)C1=O. The Bertz CT molecular complexity index is 1250. The van der Waals surface area contributed by atoms with Crippen LogP contribution >= 0.6 is 0 Å². The van der Waals surface area contributed by atoms with Crippen molar-refractivity contribution in [2.45, 2.75) is 13.8 Å². The summed E-state index contributed by atoms with van der Waals surface area (Å²) < 4.78 is 24.7. The van der Waals surface area contributed by atoms with Gasteiger partial charge in [-0.1, -0.05) is 30.3 Å². The molecule has 0 saturated carbocycles. The lowest BCUT2D eigenvalue weighted by molar-refractivity contribution is -0.120. The van der Waals surface area contributed by atoms with E-state index >= 15 is 0 Å². The van der Waals surface area contributed by atoms with E-state index in [1.54, 1.807) is 30.3 Å². The molecule has 33 heavy (non-hydrogen) atoms. The summed E-state index contributed by atoms with van der Waals surface area (Å²) in [6.07, 6.45) is 0. The number of ether oxygens (including phenoxy) is 2. The molecule has 0 unspecified atom stereocenters. The zero-order valence-corrected chi connectivity index (χ0v) is 18.5. The number of hydrogen-bond acceptors (Lipinski definition) is 5. The molecule has 2 amide bonds. The molecule has 3 aromatic rings. The molecule has 3 aromatic carbocycles. The van der Waals surface area contributed by atoms with Crippen LogP contribution in [0.25, 0.3) is 5.57 Å². The fourth-order valence-corrected chi connectivity index (χ4v) is 3.71. The maximum Gasteiger partial charge on any atom is 0.282 e. The van der Waals surface area contributed by atoms with Crippen LogP contribution in [0.4, 0.5) is 15.8 Å². The van der Waals surface area contributed by atoms with Crippen LogP contribution in [0, 0.1) is 12.7 Å². The number of nitrogens with zero attached hydrogens (tertiary/aromatic N) is 1. The van der Waals surface area contributed by atoms with Gasteiger partial charge in [-0.3, -0.25) is 9.59 Å². The van der Waals surface area contributed by atoms with Crippen molar-refractivity contribution in [3.05, 3.63) is 89.4 Å². The van der Waals surface area contributed by atoms with Crippen LogP contribution in [-0.4, -0.2) is 25.5 Å². The summed E-state index contributed by atoms with van der Waals surface area (Å²) in [5.74, 6) is -0.597. The molecule has 0 aliphatic carbocycles. The lowest BCUT2D eigenvalue weighted by atomic mass is 10.0. The van der Waals surface area contributed by atoms with E-state index < -0.39 is 17.6 Å². The number of amides is 2. The van der Waals surface area contributed by atoms with E-state index in [0.717, 1.165) is 10.5 Å².